The molecule has 0 radical (unpaired) electrons. The lowest BCUT2D eigenvalue weighted by Crippen LogP contribution is -2.36. The Hall–Kier alpha value is -2.55. The van der Waals surface area contributed by atoms with Gasteiger partial charge in [-0.3, -0.25) is 4.99 Å². The van der Waals surface area contributed by atoms with Crippen LogP contribution in [0.3, 0.4) is 0 Å². The second-order valence-corrected chi connectivity index (χ2v) is 6.05. The van der Waals surface area contributed by atoms with Gasteiger partial charge in [-0.15, -0.1) is 11.3 Å². The Balaban J connectivity index is 1.90. The number of alkyl halides is 3. The zero-order chi connectivity index (χ0) is 19.0. The normalized spacial score (nSPS) is 11.9. The number of benzene rings is 1. The smallest absolute Gasteiger partial charge is 0.434 e. The molecule has 1 aromatic heterocycles. The Morgan fingerprint density at radius 3 is 2.69 bits per heavy atom. The molecule has 9 heteroatoms. The van der Waals surface area contributed by atoms with E-state index in [1.54, 1.807) is 13.1 Å². The van der Waals surface area contributed by atoms with E-state index in [0.29, 0.717) is 24.1 Å². The first-order chi connectivity index (χ1) is 12.4. The molecule has 1 heterocycles. The summed E-state index contributed by atoms with van der Waals surface area (Å²) in [5.41, 5.74) is 0.0430. The van der Waals surface area contributed by atoms with Crippen LogP contribution in [0, 0.1) is 0 Å². The fourth-order valence-electron chi connectivity index (χ4n) is 2.02. The van der Waals surface area contributed by atoms with Crippen molar-refractivity contribution in [2.24, 2.45) is 4.99 Å². The van der Waals surface area contributed by atoms with Crippen LogP contribution in [0.2, 0.25) is 0 Å². The van der Waals surface area contributed by atoms with E-state index < -0.39 is 11.9 Å². The van der Waals surface area contributed by atoms with Crippen LogP contribution in [0.15, 0.2) is 47.3 Å². The van der Waals surface area contributed by atoms with Crippen molar-refractivity contribution in [2.45, 2.75) is 19.3 Å². The van der Waals surface area contributed by atoms with Gasteiger partial charge in [0.15, 0.2) is 11.7 Å². The largest absolute Gasteiger partial charge is 0.489 e. The first kappa shape index (κ1) is 19.8. The van der Waals surface area contributed by atoms with E-state index in [-0.39, 0.29) is 6.54 Å². The molecule has 0 aliphatic carbocycles. The van der Waals surface area contributed by atoms with Crippen LogP contribution in [-0.4, -0.2) is 24.6 Å². The molecule has 2 rings (SSSR count). The van der Waals surface area contributed by atoms with Gasteiger partial charge >= 0.3 is 6.18 Å². The molecule has 1 aromatic carbocycles. The molecule has 2 aromatic rings. The summed E-state index contributed by atoms with van der Waals surface area (Å²) < 4.78 is 43.3. The highest BCUT2D eigenvalue weighted by Crippen LogP contribution is 2.29. The number of ether oxygens (including phenoxy) is 1. The molecule has 0 atom stereocenters. The molecule has 140 valence electrons. The van der Waals surface area contributed by atoms with Crippen LogP contribution >= 0.6 is 11.3 Å². The van der Waals surface area contributed by atoms with Gasteiger partial charge in [0.2, 0.25) is 0 Å². The number of thiazole rings is 1. The summed E-state index contributed by atoms with van der Waals surface area (Å²) in [6.07, 6.45) is -2.77. The van der Waals surface area contributed by atoms with Crippen LogP contribution in [0.4, 0.5) is 13.2 Å². The van der Waals surface area contributed by atoms with E-state index >= 15 is 0 Å². The first-order valence-electron chi connectivity index (χ1n) is 7.71. The second kappa shape index (κ2) is 9.23. The third-order valence-corrected chi connectivity index (χ3v) is 4.10. The highest BCUT2D eigenvalue weighted by Gasteiger charge is 2.33. The van der Waals surface area contributed by atoms with E-state index in [9.17, 15) is 13.2 Å². The molecular formula is C17H19F3N4OS. The number of para-hydroxylation sites is 1. The Bertz CT molecular complexity index is 758. The maximum Gasteiger partial charge on any atom is 0.434 e. The van der Waals surface area contributed by atoms with Gasteiger partial charge in [0.05, 0.1) is 6.54 Å². The SMILES string of the molecule is C=CCOc1ccccc1CNC(=NC)NCc1nc(C(F)(F)F)cs1. The summed E-state index contributed by atoms with van der Waals surface area (Å²) in [7, 11) is 1.58. The topological polar surface area (TPSA) is 58.5 Å². The van der Waals surface area contributed by atoms with Gasteiger partial charge in [-0.2, -0.15) is 13.2 Å². The summed E-state index contributed by atoms with van der Waals surface area (Å²) in [6, 6.07) is 7.53. The molecule has 0 spiro atoms. The molecule has 2 N–H and O–H groups in total. The summed E-state index contributed by atoms with van der Waals surface area (Å²) >= 11 is 0.949. The van der Waals surface area contributed by atoms with Crippen molar-refractivity contribution in [1.82, 2.24) is 15.6 Å². The third kappa shape index (κ3) is 5.76. The number of aliphatic imine (C=N–C) groups is 1. The monoisotopic (exact) mass is 384 g/mol. The summed E-state index contributed by atoms with van der Waals surface area (Å²) in [6.45, 7) is 4.61. The van der Waals surface area contributed by atoms with Crippen molar-refractivity contribution in [3.63, 3.8) is 0 Å². The van der Waals surface area contributed by atoms with Crippen LogP contribution in [0.5, 0.6) is 5.75 Å². The van der Waals surface area contributed by atoms with Crippen molar-refractivity contribution < 1.29 is 17.9 Å². The Morgan fingerprint density at radius 2 is 2.04 bits per heavy atom. The van der Waals surface area contributed by atoms with Crippen molar-refractivity contribution in [1.29, 1.82) is 0 Å². The molecular weight excluding hydrogens is 365 g/mol. The van der Waals surface area contributed by atoms with Gasteiger partial charge in [-0.25, -0.2) is 4.98 Å². The van der Waals surface area contributed by atoms with Crippen LogP contribution in [0.25, 0.3) is 0 Å². The molecule has 0 amide bonds. The van der Waals surface area contributed by atoms with E-state index in [4.69, 9.17) is 4.74 Å². The lowest BCUT2D eigenvalue weighted by Gasteiger charge is -2.14. The number of hydrogen-bond acceptors (Lipinski definition) is 4. The van der Waals surface area contributed by atoms with Crippen LogP contribution < -0.4 is 15.4 Å². The molecule has 26 heavy (non-hydrogen) atoms. The van der Waals surface area contributed by atoms with Gasteiger partial charge in [0.1, 0.15) is 17.4 Å². The van der Waals surface area contributed by atoms with Crippen molar-refractivity contribution in [3.8, 4) is 5.75 Å². The van der Waals surface area contributed by atoms with Crippen LogP contribution in [0.1, 0.15) is 16.3 Å². The molecule has 0 fully saturated rings. The molecule has 5 nitrogen and oxygen atoms in total. The number of aromatic nitrogens is 1. The maximum absolute atomic E-state index is 12.6. The highest BCUT2D eigenvalue weighted by molar-refractivity contribution is 7.09. The fourth-order valence-corrected chi connectivity index (χ4v) is 2.76. The minimum absolute atomic E-state index is 0.148. The number of guanidine groups is 1. The molecule has 0 saturated heterocycles. The number of rotatable bonds is 7. The molecule has 0 bridgehead atoms. The van der Waals surface area contributed by atoms with Gasteiger partial charge < -0.3 is 15.4 Å². The minimum Gasteiger partial charge on any atom is -0.489 e. The van der Waals surface area contributed by atoms with Crippen molar-refractivity contribution in [2.75, 3.05) is 13.7 Å². The average Bonchev–Trinajstić information content (AvgIpc) is 3.10. The number of hydrogen-bond donors (Lipinski definition) is 2. The Kier molecular flexibility index (Phi) is 7.02. The zero-order valence-corrected chi connectivity index (χ0v) is 15.0. The van der Waals surface area contributed by atoms with Gasteiger partial charge in [-0.1, -0.05) is 30.9 Å². The molecule has 0 saturated carbocycles. The lowest BCUT2D eigenvalue weighted by molar-refractivity contribution is -0.140. The standard InChI is InChI=1S/C17H19F3N4OS/c1-3-8-25-13-7-5-4-6-12(13)9-22-16(21-2)23-10-15-24-14(11-26-15)17(18,19)20/h3-7,11H,1,8-10H2,2H3,(H2,21,22,23). The Morgan fingerprint density at radius 1 is 1.31 bits per heavy atom. The first-order valence-corrected chi connectivity index (χ1v) is 8.59. The van der Waals surface area contributed by atoms with E-state index in [1.165, 1.54) is 0 Å². The van der Waals surface area contributed by atoms with Gasteiger partial charge in [0, 0.05) is 24.5 Å². The number of nitrogens with one attached hydrogen (secondary N) is 2. The summed E-state index contributed by atoms with van der Waals surface area (Å²) in [5, 5.41) is 7.37. The highest BCUT2D eigenvalue weighted by atomic mass is 32.1. The maximum atomic E-state index is 12.6. The predicted molar refractivity (Wildman–Crippen MR) is 96.3 cm³/mol. The van der Waals surface area contributed by atoms with E-state index in [2.05, 4.69) is 27.2 Å². The van der Waals surface area contributed by atoms with E-state index in [0.717, 1.165) is 28.0 Å². The minimum atomic E-state index is -4.43. The van der Waals surface area contributed by atoms with E-state index in [1.807, 2.05) is 24.3 Å². The zero-order valence-electron chi connectivity index (χ0n) is 14.1. The third-order valence-electron chi connectivity index (χ3n) is 3.25. The number of halogens is 3. The predicted octanol–water partition coefficient (Wildman–Crippen LogP) is 3.59. The molecule has 0 aliphatic rings. The second-order valence-electron chi connectivity index (χ2n) is 5.11. The summed E-state index contributed by atoms with van der Waals surface area (Å²) in [4.78, 5) is 7.63. The average molecular weight is 384 g/mol. The molecule has 0 unspecified atom stereocenters. The Labute approximate surface area is 153 Å². The summed E-state index contributed by atoms with van der Waals surface area (Å²) in [5.74, 6) is 1.18. The van der Waals surface area contributed by atoms with Crippen molar-refractivity contribution in [3.05, 3.63) is 58.6 Å². The quantitative estimate of drug-likeness (QED) is 0.435. The van der Waals surface area contributed by atoms with Gasteiger partial charge in [0.25, 0.3) is 0 Å². The van der Waals surface area contributed by atoms with Gasteiger partial charge in [-0.05, 0) is 6.07 Å². The van der Waals surface area contributed by atoms with Crippen molar-refractivity contribution >= 4 is 17.3 Å². The molecule has 0 aliphatic heterocycles. The lowest BCUT2D eigenvalue weighted by atomic mass is 10.2. The fraction of sp³-hybridized carbons (Fsp3) is 0.294. The van der Waals surface area contributed by atoms with Crippen LogP contribution in [-0.2, 0) is 19.3 Å². The number of nitrogens with zero attached hydrogens (tertiary/aromatic N) is 2.